The zero-order chi connectivity index (χ0) is 12.1. The number of aryl methyl sites for hydroxylation is 1. The second kappa shape index (κ2) is 6.01. The summed E-state index contributed by atoms with van der Waals surface area (Å²) in [7, 11) is 1.70. The molecule has 1 heterocycles. The van der Waals surface area contributed by atoms with Gasteiger partial charge in [-0.05, 0) is 19.8 Å². The average molecular weight is 226 g/mol. The van der Waals surface area contributed by atoms with Crippen LogP contribution in [-0.2, 0) is 30.7 Å². The van der Waals surface area contributed by atoms with Gasteiger partial charge in [0.05, 0.1) is 24.9 Å². The van der Waals surface area contributed by atoms with Crippen LogP contribution < -0.4 is 0 Å². The predicted octanol–water partition coefficient (Wildman–Crippen LogP) is 1.54. The van der Waals surface area contributed by atoms with Crippen LogP contribution >= 0.6 is 0 Å². The molecule has 0 saturated heterocycles. The molecule has 16 heavy (non-hydrogen) atoms. The number of nitrogens with zero attached hydrogens (tertiary/aromatic N) is 2. The normalized spacial score (nSPS) is 13.1. The molecule has 0 bridgehead atoms. The van der Waals surface area contributed by atoms with Gasteiger partial charge >= 0.3 is 0 Å². The van der Waals surface area contributed by atoms with Crippen LogP contribution in [-0.4, -0.2) is 28.1 Å². The van der Waals surface area contributed by atoms with Gasteiger partial charge in [0, 0.05) is 18.4 Å². The topological polar surface area (TPSA) is 47.3 Å². The molecule has 0 spiro atoms. The van der Waals surface area contributed by atoms with Crippen molar-refractivity contribution in [3.63, 3.8) is 0 Å². The number of rotatable bonds is 6. The summed E-state index contributed by atoms with van der Waals surface area (Å²) in [6, 6.07) is 0. The molecule has 0 amide bonds. The van der Waals surface area contributed by atoms with Crippen molar-refractivity contribution in [2.75, 3.05) is 7.11 Å². The van der Waals surface area contributed by atoms with Crippen LogP contribution in [0.25, 0.3) is 0 Å². The summed E-state index contributed by atoms with van der Waals surface area (Å²) in [6.07, 6.45) is 1.89. The largest absolute Gasteiger partial charge is 0.392 e. The van der Waals surface area contributed by atoms with Crippen molar-refractivity contribution in [2.45, 2.75) is 52.9 Å². The molecule has 4 nitrogen and oxygen atoms in total. The fourth-order valence-electron chi connectivity index (χ4n) is 1.92. The molecule has 4 heteroatoms. The average Bonchev–Trinajstić information content (AvgIpc) is 2.65. The monoisotopic (exact) mass is 226 g/mol. The fourth-order valence-corrected chi connectivity index (χ4v) is 1.92. The summed E-state index contributed by atoms with van der Waals surface area (Å²) in [5, 5.41) is 13.9. The Bertz CT molecular complexity index is 334. The molecule has 0 aromatic carbocycles. The maximum Gasteiger partial charge on any atom is 0.0739 e. The highest BCUT2D eigenvalue weighted by atomic mass is 16.5. The van der Waals surface area contributed by atoms with Crippen molar-refractivity contribution in [3.05, 3.63) is 17.0 Å². The van der Waals surface area contributed by atoms with E-state index < -0.39 is 0 Å². The highest BCUT2D eigenvalue weighted by molar-refractivity contribution is 5.26. The number of ether oxygens (including phenoxy) is 1. The SMILES string of the molecule is CCc1nn(CC(C)OC)c(CC)c1CO. The molecule has 1 rings (SSSR count). The van der Waals surface area contributed by atoms with Gasteiger partial charge in [-0.3, -0.25) is 4.68 Å². The summed E-state index contributed by atoms with van der Waals surface area (Å²) in [4.78, 5) is 0. The molecule has 0 aliphatic carbocycles. The van der Waals surface area contributed by atoms with Crippen molar-refractivity contribution < 1.29 is 9.84 Å². The quantitative estimate of drug-likeness (QED) is 0.800. The highest BCUT2D eigenvalue weighted by Crippen LogP contribution is 2.16. The van der Waals surface area contributed by atoms with Crippen molar-refractivity contribution in [1.29, 1.82) is 0 Å². The Morgan fingerprint density at radius 1 is 1.38 bits per heavy atom. The molecule has 1 aromatic rings. The maximum absolute atomic E-state index is 9.38. The first kappa shape index (κ1) is 13.2. The Morgan fingerprint density at radius 3 is 2.50 bits per heavy atom. The first-order chi connectivity index (χ1) is 7.67. The third-order valence-electron chi connectivity index (χ3n) is 2.91. The minimum Gasteiger partial charge on any atom is -0.392 e. The van der Waals surface area contributed by atoms with Gasteiger partial charge in [0.15, 0.2) is 0 Å². The van der Waals surface area contributed by atoms with Crippen molar-refractivity contribution in [2.24, 2.45) is 0 Å². The molecular formula is C12H22N2O2. The molecule has 0 aliphatic heterocycles. The van der Waals surface area contributed by atoms with Gasteiger partial charge in [-0.15, -0.1) is 0 Å². The second-order valence-electron chi connectivity index (χ2n) is 3.97. The molecule has 1 aromatic heterocycles. The molecule has 1 atom stereocenters. The minimum absolute atomic E-state index is 0.0771. The number of aliphatic hydroxyl groups is 1. The Labute approximate surface area is 97.2 Å². The zero-order valence-electron chi connectivity index (χ0n) is 10.7. The molecule has 92 valence electrons. The van der Waals surface area contributed by atoms with Gasteiger partial charge in [0.2, 0.25) is 0 Å². The molecule has 0 aliphatic rings. The highest BCUT2D eigenvalue weighted by Gasteiger charge is 2.15. The molecule has 0 saturated carbocycles. The van der Waals surface area contributed by atoms with E-state index in [1.54, 1.807) is 7.11 Å². The summed E-state index contributed by atoms with van der Waals surface area (Å²) in [5.74, 6) is 0. The Hall–Kier alpha value is -0.870. The van der Waals surface area contributed by atoms with Gasteiger partial charge in [-0.2, -0.15) is 5.10 Å². The van der Waals surface area contributed by atoms with E-state index in [4.69, 9.17) is 4.74 Å². The first-order valence-corrected chi connectivity index (χ1v) is 5.88. The van der Waals surface area contributed by atoms with Gasteiger partial charge in [0.25, 0.3) is 0 Å². The van der Waals surface area contributed by atoms with Gasteiger partial charge in [-0.1, -0.05) is 13.8 Å². The van der Waals surface area contributed by atoms with Crippen molar-refractivity contribution in [3.8, 4) is 0 Å². The number of methoxy groups -OCH3 is 1. The number of hydrogen-bond donors (Lipinski definition) is 1. The Balaban J connectivity index is 3.03. The number of hydrogen-bond acceptors (Lipinski definition) is 3. The molecule has 0 fully saturated rings. The Kier molecular flexibility index (Phi) is 4.96. The van der Waals surface area contributed by atoms with Crippen LogP contribution in [0.3, 0.4) is 0 Å². The lowest BCUT2D eigenvalue weighted by atomic mass is 10.1. The third kappa shape index (κ3) is 2.62. The summed E-state index contributed by atoms with van der Waals surface area (Å²) in [5.41, 5.74) is 3.12. The van der Waals surface area contributed by atoms with Crippen molar-refractivity contribution >= 4 is 0 Å². The lowest BCUT2D eigenvalue weighted by Gasteiger charge is -2.12. The van der Waals surface area contributed by atoms with Crippen molar-refractivity contribution in [1.82, 2.24) is 9.78 Å². The van der Waals surface area contributed by atoms with Crippen LogP contribution in [0.2, 0.25) is 0 Å². The molecular weight excluding hydrogens is 204 g/mol. The van der Waals surface area contributed by atoms with E-state index in [1.165, 1.54) is 0 Å². The first-order valence-electron chi connectivity index (χ1n) is 5.88. The van der Waals surface area contributed by atoms with Crippen LogP contribution in [0, 0.1) is 0 Å². The number of aromatic nitrogens is 2. The second-order valence-corrected chi connectivity index (χ2v) is 3.97. The van der Waals surface area contributed by atoms with Crippen LogP contribution in [0.15, 0.2) is 0 Å². The maximum atomic E-state index is 9.38. The summed E-state index contributed by atoms with van der Waals surface area (Å²) in [6.45, 7) is 6.99. The van der Waals surface area contributed by atoms with E-state index in [2.05, 4.69) is 18.9 Å². The smallest absolute Gasteiger partial charge is 0.0739 e. The Morgan fingerprint density at radius 2 is 2.06 bits per heavy atom. The summed E-state index contributed by atoms with van der Waals surface area (Å²) < 4.78 is 7.22. The van der Waals surface area contributed by atoms with Crippen LogP contribution in [0.4, 0.5) is 0 Å². The van der Waals surface area contributed by atoms with E-state index in [0.717, 1.165) is 36.3 Å². The fraction of sp³-hybridized carbons (Fsp3) is 0.750. The minimum atomic E-state index is 0.0771. The summed E-state index contributed by atoms with van der Waals surface area (Å²) >= 11 is 0. The molecule has 1 N–H and O–H groups in total. The van der Waals surface area contributed by atoms with E-state index in [-0.39, 0.29) is 12.7 Å². The van der Waals surface area contributed by atoms with E-state index in [0.29, 0.717) is 0 Å². The molecule has 0 radical (unpaired) electrons. The zero-order valence-corrected chi connectivity index (χ0v) is 10.7. The predicted molar refractivity (Wildman–Crippen MR) is 63.4 cm³/mol. The third-order valence-corrected chi connectivity index (χ3v) is 2.91. The van der Waals surface area contributed by atoms with Gasteiger partial charge in [0.1, 0.15) is 0 Å². The lowest BCUT2D eigenvalue weighted by Crippen LogP contribution is -2.17. The molecule has 1 unspecified atom stereocenters. The van der Waals surface area contributed by atoms with E-state index in [1.807, 2.05) is 11.6 Å². The van der Waals surface area contributed by atoms with Crippen LogP contribution in [0.5, 0.6) is 0 Å². The van der Waals surface area contributed by atoms with E-state index in [9.17, 15) is 5.11 Å². The lowest BCUT2D eigenvalue weighted by molar-refractivity contribution is 0.0988. The van der Waals surface area contributed by atoms with Gasteiger partial charge < -0.3 is 9.84 Å². The van der Waals surface area contributed by atoms with Crippen LogP contribution in [0.1, 0.15) is 37.7 Å². The van der Waals surface area contributed by atoms with Gasteiger partial charge in [-0.25, -0.2) is 0 Å². The standard InChI is InChI=1S/C12H22N2O2/c1-5-11-10(8-15)12(6-2)14(13-11)7-9(3)16-4/h9,15H,5-8H2,1-4H3. The number of aliphatic hydroxyl groups excluding tert-OH is 1. The van der Waals surface area contributed by atoms with E-state index >= 15 is 0 Å².